The molecule has 1 aliphatic carbocycles. The maximum Gasteiger partial charge on any atom is 0.322 e. The number of piperidine rings is 1. The zero-order valence-corrected chi connectivity index (χ0v) is 11.7. The van der Waals surface area contributed by atoms with Crippen molar-refractivity contribution in [2.45, 2.75) is 17.4 Å². The highest BCUT2D eigenvalue weighted by atomic mass is 32.2. The maximum absolute atomic E-state index is 12.5. The van der Waals surface area contributed by atoms with Gasteiger partial charge in [0.1, 0.15) is 11.8 Å². The highest BCUT2D eigenvalue weighted by Crippen LogP contribution is 2.51. The van der Waals surface area contributed by atoms with Gasteiger partial charge in [-0.05, 0) is 42.5 Å². The summed E-state index contributed by atoms with van der Waals surface area (Å²) in [7, 11) is -2.27. The Bertz CT molecular complexity index is 639. The third-order valence-electron chi connectivity index (χ3n) is 4.03. The van der Waals surface area contributed by atoms with Crippen LogP contribution in [0.1, 0.15) is 6.42 Å². The van der Waals surface area contributed by atoms with Crippen molar-refractivity contribution in [3.05, 3.63) is 24.3 Å². The summed E-state index contributed by atoms with van der Waals surface area (Å²) in [6.45, 7) is 0.302. The minimum Gasteiger partial charge on any atom is -0.497 e. The van der Waals surface area contributed by atoms with Gasteiger partial charge in [-0.2, -0.15) is 4.31 Å². The first-order chi connectivity index (χ1) is 9.45. The minimum absolute atomic E-state index is 0.0273. The molecule has 1 aromatic carbocycles. The summed E-state index contributed by atoms with van der Waals surface area (Å²) < 4.78 is 31.2. The number of carboxylic acid groups (broad SMARTS) is 1. The van der Waals surface area contributed by atoms with Crippen molar-refractivity contribution in [1.82, 2.24) is 4.31 Å². The molecule has 1 aromatic rings. The molecule has 0 radical (unpaired) electrons. The van der Waals surface area contributed by atoms with Crippen LogP contribution in [-0.2, 0) is 14.8 Å². The second-order valence-electron chi connectivity index (χ2n) is 5.19. The zero-order chi connectivity index (χ0) is 14.5. The topological polar surface area (TPSA) is 83.9 Å². The first-order valence-electron chi connectivity index (χ1n) is 6.34. The van der Waals surface area contributed by atoms with Gasteiger partial charge in [0.2, 0.25) is 10.0 Å². The van der Waals surface area contributed by atoms with E-state index in [1.807, 2.05) is 0 Å². The van der Waals surface area contributed by atoms with Crippen LogP contribution in [0, 0.1) is 11.8 Å². The van der Waals surface area contributed by atoms with Crippen LogP contribution in [0.15, 0.2) is 29.2 Å². The van der Waals surface area contributed by atoms with Crippen LogP contribution in [0.25, 0.3) is 0 Å². The SMILES string of the molecule is COc1ccc(S(=O)(=O)N2C[C@@H]3C[C@@H]3[C@H]2C(=O)O)cc1. The second-order valence-corrected chi connectivity index (χ2v) is 7.08. The number of carbonyl (C=O) groups is 1. The van der Waals surface area contributed by atoms with Gasteiger partial charge in [-0.3, -0.25) is 4.79 Å². The number of rotatable bonds is 4. The van der Waals surface area contributed by atoms with Crippen molar-refractivity contribution in [3.8, 4) is 5.75 Å². The molecule has 0 aromatic heterocycles. The van der Waals surface area contributed by atoms with Crippen molar-refractivity contribution in [2.24, 2.45) is 11.8 Å². The van der Waals surface area contributed by atoms with E-state index in [1.165, 1.54) is 19.2 Å². The number of hydrogen-bond donors (Lipinski definition) is 1. The monoisotopic (exact) mass is 297 g/mol. The van der Waals surface area contributed by atoms with Crippen molar-refractivity contribution >= 4 is 16.0 Å². The summed E-state index contributed by atoms with van der Waals surface area (Å²) in [5.41, 5.74) is 0. The van der Waals surface area contributed by atoms with Gasteiger partial charge >= 0.3 is 5.97 Å². The summed E-state index contributed by atoms with van der Waals surface area (Å²) in [6, 6.07) is 5.07. The van der Waals surface area contributed by atoms with Crippen molar-refractivity contribution in [3.63, 3.8) is 0 Å². The molecule has 0 bridgehead atoms. The fraction of sp³-hybridized carbons (Fsp3) is 0.462. The summed E-state index contributed by atoms with van der Waals surface area (Å²) >= 11 is 0. The van der Waals surface area contributed by atoms with Crippen molar-refractivity contribution in [1.29, 1.82) is 0 Å². The molecule has 3 atom stereocenters. The Hall–Kier alpha value is -1.60. The van der Waals surface area contributed by atoms with Crippen LogP contribution in [0.5, 0.6) is 5.75 Å². The Morgan fingerprint density at radius 3 is 2.55 bits per heavy atom. The number of ether oxygens (including phenoxy) is 1. The van der Waals surface area contributed by atoms with E-state index in [4.69, 9.17) is 4.74 Å². The first kappa shape index (κ1) is 13.4. The molecule has 2 aliphatic rings. The molecule has 1 saturated carbocycles. The maximum atomic E-state index is 12.5. The molecular weight excluding hydrogens is 282 g/mol. The summed E-state index contributed by atoms with van der Waals surface area (Å²) in [5, 5.41) is 9.25. The van der Waals surface area contributed by atoms with Crippen LogP contribution in [-0.4, -0.2) is 43.5 Å². The number of fused-ring (bicyclic) bond motifs is 1. The van der Waals surface area contributed by atoms with E-state index in [2.05, 4.69) is 0 Å². The molecule has 0 unspecified atom stereocenters. The molecule has 7 heteroatoms. The van der Waals surface area contributed by atoms with Gasteiger partial charge < -0.3 is 9.84 Å². The predicted molar refractivity (Wildman–Crippen MR) is 69.9 cm³/mol. The molecule has 2 fully saturated rings. The molecule has 0 spiro atoms. The lowest BCUT2D eigenvalue weighted by Gasteiger charge is -2.23. The van der Waals surface area contributed by atoms with Crippen LogP contribution >= 0.6 is 0 Å². The Morgan fingerprint density at radius 2 is 2.00 bits per heavy atom. The highest BCUT2D eigenvalue weighted by molar-refractivity contribution is 7.89. The van der Waals surface area contributed by atoms with E-state index < -0.39 is 22.0 Å². The van der Waals surface area contributed by atoms with Gasteiger partial charge in [-0.25, -0.2) is 8.42 Å². The predicted octanol–water partition coefficient (Wildman–Crippen LogP) is 0.789. The smallest absolute Gasteiger partial charge is 0.322 e. The zero-order valence-electron chi connectivity index (χ0n) is 10.9. The Kier molecular flexibility index (Phi) is 2.98. The third-order valence-corrected chi connectivity index (χ3v) is 5.89. The number of hydrogen-bond acceptors (Lipinski definition) is 4. The summed E-state index contributed by atoms with van der Waals surface area (Å²) in [5.74, 6) is -0.334. The molecule has 108 valence electrons. The number of benzene rings is 1. The van der Waals surface area contributed by atoms with Crippen LogP contribution < -0.4 is 4.74 Å². The van der Waals surface area contributed by atoms with Crippen molar-refractivity contribution < 1.29 is 23.1 Å². The number of sulfonamides is 1. The van der Waals surface area contributed by atoms with Gasteiger partial charge in [0.05, 0.1) is 12.0 Å². The second kappa shape index (κ2) is 4.46. The van der Waals surface area contributed by atoms with E-state index in [0.717, 1.165) is 10.7 Å². The van der Waals surface area contributed by atoms with Gasteiger partial charge in [-0.15, -0.1) is 0 Å². The average Bonchev–Trinajstić information content (AvgIpc) is 3.08. The first-order valence-corrected chi connectivity index (χ1v) is 7.78. The van der Waals surface area contributed by atoms with E-state index >= 15 is 0 Å². The molecule has 1 heterocycles. The summed E-state index contributed by atoms with van der Waals surface area (Å²) in [4.78, 5) is 11.4. The van der Waals surface area contributed by atoms with Crippen LogP contribution in [0.3, 0.4) is 0 Å². The summed E-state index contributed by atoms with van der Waals surface area (Å²) in [6.07, 6.45) is 0.811. The molecule has 1 N–H and O–H groups in total. The fourth-order valence-corrected chi connectivity index (χ4v) is 4.55. The Balaban J connectivity index is 1.93. The van der Waals surface area contributed by atoms with Gasteiger partial charge in [0.15, 0.2) is 0 Å². The number of aliphatic carboxylic acids is 1. The number of nitrogens with zero attached hydrogens (tertiary/aromatic N) is 1. The number of carboxylic acids is 1. The van der Waals surface area contributed by atoms with E-state index in [9.17, 15) is 18.3 Å². The molecule has 1 saturated heterocycles. The molecule has 1 aliphatic heterocycles. The lowest BCUT2D eigenvalue weighted by Crippen LogP contribution is -2.43. The van der Waals surface area contributed by atoms with Gasteiger partial charge in [-0.1, -0.05) is 0 Å². The standard InChI is InChI=1S/C13H15NO5S/c1-19-9-2-4-10(5-3-9)20(17,18)14-7-8-6-11(8)12(14)13(15)16/h2-5,8,11-12H,6-7H2,1H3,(H,15,16)/t8-,11-,12-/m0/s1. The number of methoxy groups -OCH3 is 1. The van der Waals surface area contributed by atoms with E-state index in [-0.39, 0.29) is 16.7 Å². The van der Waals surface area contributed by atoms with E-state index in [1.54, 1.807) is 12.1 Å². The fourth-order valence-electron chi connectivity index (χ4n) is 2.86. The Labute approximate surface area is 117 Å². The normalized spacial score (nSPS) is 28.9. The van der Waals surface area contributed by atoms with Crippen molar-refractivity contribution in [2.75, 3.05) is 13.7 Å². The van der Waals surface area contributed by atoms with E-state index in [0.29, 0.717) is 12.3 Å². The Morgan fingerprint density at radius 1 is 1.35 bits per heavy atom. The third kappa shape index (κ3) is 1.97. The largest absolute Gasteiger partial charge is 0.497 e. The average molecular weight is 297 g/mol. The molecule has 6 nitrogen and oxygen atoms in total. The molecule has 20 heavy (non-hydrogen) atoms. The van der Waals surface area contributed by atoms with Crippen LogP contribution in [0.2, 0.25) is 0 Å². The van der Waals surface area contributed by atoms with Crippen LogP contribution in [0.4, 0.5) is 0 Å². The lowest BCUT2D eigenvalue weighted by molar-refractivity contribution is -0.141. The minimum atomic E-state index is -3.76. The molecule has 3 rings (SSSR count). The quantitative estimate of drug-likeness (QED) is 0.888. The molecule has 0 amide bonds. The van der Waals surface area contributed by atoms with Gasteiger partial charge in [0, 0.05) is 6.54 Å². The molecular formula is C13H15NO5S. The lowest BCUT2D eigenvalue weighted by atomic mass is 10.2. The highest BCUT2D eigenvalue weighted by Gasteiger charge is 2.59. The van der Waals surface area contributed by atoms with Gasteiger partial charge in [0.25, 0.3) is 0 Å².